The number of hydrogen-bond donors (Lipinski definition) is 2. The average Bonchev–Trinajstić information content (AvgIpc) is 3.41. The van der Waals surface area contributed by atoms with Crippen molar-refractivity contribution >= 4 is 25.7 Å². The van der Waals surface area contributed by atoms with Gasteiger partial charge in [0.1, 0.15) is 12.7 Å². The molecule has 0 aliphatic rings. The largest absolute Gasteiger partial charge is 0.472 e. The van der Waals surface area contributed by atoms with Gasteiger partial charge in [-0.05, 0) is 51.4 Å². The molecule has 0 spiro atoms. The minimum Gasteiger partial charge on any atom is -0.462 e. The van der Waals surface area contributed by atoms with Crippen LogP contribution in [0.2, 0.25) is 0 Å². The fourth-order valence-corrected chi connectivity index (χ4v) is 10.2. The summed E-state index contributed by atoms with van der Waals surface area (Å²) in [5.74, 6) is -1.44. The van der Waals surface area contributed by atoms with Crippen LogP contribution in [0.4, 0.5) is 0 Å². The van der Waals surface area contributed by atoms with Crippen LogP contribution in [0.5, 0.6) is 0 Å². The lowest BCUT2D eigenvalue weighted by molar-refractivity contribution is -0.161. The van der Waals surface area contributed by atoms with Gasteiger partial charge in [-0.2, -0.15) is 0 Å². The van der Waals surface area contributed by atoms with E-state index in [1.165, 1.54) is 193 Å². The number of ether oxygens (including phenoxy) is 3. The summed E-state index contributed by atoms with van der Waals surface area (Å²) in [5.41, 5.74) is 0. The van der Waals surface area contributed by atoms with Crippen molar-refractivity contribution in [2.45, 2.75) is 341 Å². The maximum Gasteiger partial charge on any atom is 0.472 e. The topological polar surface area (TPSA) is 155 Å². The van der Waals surface area contributed by atoms with Gasteiger partial charge in [0.2, 0.25) is 0 Å². The number of allylic oxidation sites excluding steroid dienone is 4. The number of phosphoric acid groups is 1. The summed E-state index contributed by atoms with van der Waals surface area (Å²) in [6, 6.07) is 0. The number of phosphoric ester groups is 1. The van der Waals surface area contributed by atoms with Gasteiger partial charge >= 0.3 is 25.7 Å². The molecule has 0 fully saturated rings. The monoisotopic (exact) mass is 1100 g/mol. The Kier molecular flexibility index (Phi) is 57.5. The highest BCUT2D eigenvalue weighted by Crippen LogP contribution is 2.43. The quantitative estimate of drug-likeness (QED) is 0.0197. The molecule has 0 rings (SSSR count). The molecule has 0 aliphatic heterocycles. The maximum atomic E-state index is 12.9. The summed E-state index contributed by atoms with van der Waals surface area (Å²) in [6.45, 7) is 4.70. The number of unbranched alkanes of at least 4 members (excludes halogenated alkanes) is 40. The lowest BCUT2D eigenvalue weighted by Gasteiger charge is -2.21. The second-order valence-electron chi connectivity index (χ2n) is 21.9. The molecule has 0 saturated carbocycles. The number of carbonyl (C=O) groups is 3. The third kappa shape index (κ3) is 56.7. The molecule has 0 saturated heterocycles. The minimum atomic E-state index is -4.75. The molecule has 0 heterocycles. The molecule has 0 aliphatic carbocycles. The highest BCUT2D eigenvalue weighted by molar-refractivity contribution is 7.47. The number of carbonyl (C=O) groups excluding carboxylic acids is 3. The smallest absolute Gasteiger partial charge is 0.462 e. The summed E-state index contributed by atoms with van der Waals surface area (Å²) in [4.78, 5) is 48.7. The molecule has 448 valence electrons. The van der Waals surface area contributed by atoms with E-state index in [-0.39, 0.29) is 25.9 Å². The average molecular weight is 1100 g/mol. The van der Waals surface area contributed by atoms with Gasteiger partial charge in [0.05, 0.1) is 19.8 Å². The first-order valence-corrected chi connectivity index (χ1v) is 33.7. The molecular formula is C64H121O11P. The van der Waals surface area contributed by atoms with Gasteiger partial charge in [-0.3, -0.25) is 23.4 Å². The molecule has 0 aromatic rings. The summed E-state index contributed by atoms with van der Waals surface area (Å²) in [5, 5.41) is 9.85. The maximum absolute atomic E-state index is 12.9. The normalized spacial score (nSPS) is 13.4. The van der Waals surface area contributed by atoms with Crippen molar-refractivity contribution in [3.8, 4) is 0 Å². The van der Waals surface area contributed by atoms with Gasteiger partial charge in [0.15, 0.2) is 6.10 Å². The van der Waals surface area contributed by atoms with Crippen LogP contribution in [-0.4, -0.2) is 66.5 Å². The molecule has 3 atom stereocenters. The third-order valence-corrected chi connectivity index (χ3v) is 15.3. The lowest BCUT2D eigenvalue weighted by atomic mass is 10.0. The van der Waals surface area contributed by atoms with E-state index in [1.54, 1.807) is 0 Å². The predicted octanol–water partition coefficient (Wildman–Crippen LogP) is 19.4. The Labute approximate surface area is 468 Å². The lowest BCUT2D eigenvalue weighted by Crippen LogP contribution is -2.30. The second kappa shape index (κ2) is 59.1. The van der Waals surface area contributed by atoms with Crippen LogP contribution in [0.1, 0.15) is 329 Å². The third-order valence-electron chi connectivity index (χ3n) is 14.4. The Bertz CT molecular complexity index is 1370. The van der Waals surface area contributed by atoms with E-state index in [9.17, 15) is 28.9 Å². The molecule has 3 unspecified atom stereocenters. The fraction of sp³-hybridized carbons (Fsp3) is 0.891. The molecule has 0 radical (unpaired) electrons. The number of aliphatic hydroxyl groups excluding tert-OH is 1. The van der Waals surface area contributed by atoms with Crippen molar-refractivity contribution in [1.29, 1.82) is 0 Å². The number of aliphatic hydroxyl groups is 1. The summed E-state index contributed by atoms with van der Waals surface area (Å²) in [7, 11) is -4.75. The molecule has 2 N–H and O–H groups in total. The number of rotatable bonds is 61. The molecule has 0 bridgehead atoms. The van der Waals surface area contributed by atoms with E-state index < -0.39 is 57.8 Å². The second-order valence-corrected chi connectivity index (χ2v) is 23.4. The SMILES string of the molecule is CCCCC/C=C\C/C=C\CCCCCCCCCC(=O)OC(COC(=O)CCCCCCCCCCCCCCCCC)COP(=O)(O)OCC(CO)OC(=O)CCCCCCCCCCCCCCCCCCC. The van der Waals surface area contributed by atoms with Crippen LogP contribution in [0.25, 0.3) is 0 Å². The van der Waals surface area contributed by atoms with Gasteiger partial charge < -0.3 is 24.2 Å². The van der Waals surface area contributed by atoms with Crippen LogP contribution in [0, 0.1) is 0 Å². The van der Waals surface area contributed by atoms with E-state index in [0.29, 0.717) is 19.3 Å². The van der Waals surface area contributed by atoms with Crippen LogP contribution in [-0.2, 0) is 42.2 Å². The van der Waals surface area contributed by atoms with Gasteiger partial charge in [0, 0.05) is 19.3 Å². The standard InChI is InChI=1S/C64H121O11P/c1-4-7-10-13-16-19-22-25-28-30-33-36-39-42-45-48-51-54-63(67)74-60(56-65)58-72-76(69,70)73-59-61(57-71-62(66)53-50-47-44-41-38-35-32-27-24-21-18-15-12-9-6-3)75-64(68)55-52-49-46-43-40-37-34-31-29-26-23-20-17-14-11-8-5-2/h17,20,26,29,60-61,65H,4-16,18-19,21-25,27-28,30-59H2,1-3H3,(H,69,70)/b20-17-,29-26-. The Hall–Kier alpha value is -2.04. The Morgan fingerprint density at radius 1 is 0.368 bits per heavy atom. The van der Waals surface area contributed by atoms with Crippen molar-refractivity contribution in [3.05, 3.63) is 24.3 Å². The van der Waals surface area contributed by atoms with Crippen molar-refractivity contribution in [3.63, 3.8) is 0 Å². The van der Waals surface area contributed by atoms with Crippen molar-refractivity contribution in [2.75, 3.05) is 26.4 Å². The number of esters is 3. The van der Waals surface area contributed by atoms with Gasteiger partial charge in [0.25, 0.3) is 0 Å². The molecule has 12 heteroatoms. The van der Waals surface area contributed by atoms with E-state index >= 15 is 0 Å². The first kappa shape index (κ1) is 74.0. The number of hydrogen-bond acceptors (Lipinski definition) is 10. The minimum absolute atomic E-state index is 0.164. The van der Waals surface area contributed by atoms with Crippen LogP contribution >= 0.6 is 7.82 Å². The molecule has 76 heavy (non-hydrogen) atoms. The Morgan fingerprint density at radius 2 is 0.645 bits per heavy atom. The molecule has 0 aromatic heterocycles. The van der Waals surface area contributed by atoms with Gasteiger partial charge in [-0.25, -0.2) is 4.57 Å². The zero-order chi connectivity index (χ0) is 55.5. The Morgan fingerprint density at radius 3 is 1.00 bits per heavy atom. The molecule has 0 aromatic carbocycles. The van der Waals surface area contributed by atoms with Gasteiger partial charge in [-0.1, -0.05) is 283 Å². The summed E-state index contributed by atoms with van der Waals surface area (Å²) >= 11 is 0. The van der Waals surface area contributed by atoms with Crippen LogP contribution < -0.4 is 0 Å². The summed E-state index contributed by atoms with van der Waals surface area (Å²) in [6.07, 6.45) is 61.2. The summed E-state index contributed by atoms with van der Waals surface area (Å²) < 4.78 is 39.7. The molecular weight excluding hydrogens is 976 g/mol. The highest BCUT2D eigenvalue weighted by Gasteiger charge is 2.28. The van der Waals surface area contributed by atoms with E-state index in [0.717, 1.165) is 77.0 Å². The first-order valence-electron chi connectivity index (χ1n) is 32.2. The van der Waals surface area contributed by atoms with E-state index in [4.69, 9.17) is 23.3 Å². The highest BCUT2D eigenvalue weighted by atomic mass is 31.2. The Balaban J connectivity index is 4.64. The van der Waals surface area contributed by atoms with E-state index in [2.05, 4.69) is 45.1 Å². The van der Waals surface area contributed by atoms with Crippen molar-refractivity contribution < 1.29 is 52.2 Å². The fourth-order valence-electron chi connectivity index (χ4n) is 9.45. The van der Waals surface area contributed by atoms with Crippen LogP contribution in [0.15, 0.2) is 24.3 Å². The van der Waals surface area contributed by atoms with Crippen molar-refractivity contribution in [2.24, 2.45) is 0 Å². The first-order chi connectivity index (χ1) is 37.2. The zero-order valence-electron chi connectivity index (χ0n) is 49.7. The van der Waals surface area contributed by atoms with Crippen molar-refractivity contribution in [1.82, 2.24) is 0 Å². The molecule has 0 amide bonds. The predicted molar refractivity (Wildman–Crippen MR) is 316 cm³/mol. The van der Waals surface area contributed by atoms with Crippen LogP contribution in [0.3, 0.4) is 0 Å². The van der Waals surface area contributed by atoms with E-state index in [1.807, 2.05) is 0 Å². The molecule has 11 nitrogen and oxygen atoms in total. The zero-order valence-corrected chi connectivity index (χ0v) is 50.6. The van der Waals surface area contributed by atoms with Gasteiger partial charge in [-0.15, -0.1) is 0 Å².